The highest BCUT2D eigenvalue weighted by atomic mass is 32.1. The minimum Gasteiger partial charge on any atom is -0.389 e. The van der Waals surface area contributed by atoms with Crippen LogP contribution in [0.25, 0.3) is 0 Å². The van der Waals surface area contributed by atoms with Gasteiger partial charge < -0.3 is 10.6 Å². The minimum atomic E-state index is -0.674. The Morgan fingerprint density at radius 2 is 2.10 bits per heavy atom. The van der Waals surface area contributed by atoms with Crippen molar-refractivity contribution in [2.75, 3.05) is 13.1 Å². The molecule has 0 saturated carbocycles. The van der Waals surface area contributed by atoms with E-state index in [0.717, 1.165) is 6.20 Å². The molecule has 0 atom stereocenters. The summed E-state index contributed by atoms with van der Waals surface area (Å²) < 4.78 is 0. The Balaban J connectivity index is 3.61. The number of nitrogens with zero attached hydrogens (tertiary/aromatic N) is 4. The molecule has 110 valence electrons. The van der Waals surface area contributed by atoms with Gasteiger partial charge in [0.2, 0.25) is 0 Å². The highest BCUT2D eigenvalue weighted by Crippen LogP contribution is 2.24. The summed E-state index contributed by atoms with van der Waals surface area (Å²) in [5.41, 5.74) is 5.16. The Hall–Kier alpha value is -2.18. The van der Waals surface area contributed by atoms with E-state index in [4.69, 9.17) is 30.2 Å². The fourth-order valence-corrected chi connectivity index (χ4v) is 2.44. The van der Waals surface area contributed by atoms with E-state index in [1.165, 1.54) is 0 Å². The van der Waals surface area contributed by atoms with E-state index in [2.05, 4.69) is 4.98 Å². The molecule has 0 saturated heterocycles. The molecule has 9 heteroatoms. The molecule has 7 nitrogen and oxygen atoms in total. The third-order valence-electron chi connectivity index (χ3n) is 2.87. The smallest absolute Gasteiger partial charge is 0.299 e. The molecule has 0 aromatic carbocycles. The maximum absolute atomic E-state index is 11.0. The Labute approximate surface area is 132 Å². The number of rotatable bonds is 5. The molecule has 0 bridgehead atoms. The van der Waals surface area contributed by atoms with Crippen LogP contribution in [-0.2, 0) is 0 Å². The van der Waals surface area contributed by atoms with Crippen molar-refractivity contribution in [3.63, 3.8) is 0 Å². The van der Waals surface area contributed by atoms with Crippen LogP contribution in [0.2, 0.25) is 0 Å². The zero-order valence-corrected chi connectivity index (χ0v) is 13.1. The normalized spacial score (nSPS) is 9.76. The summed E-state index contributed by atoms with van der Waals surface area (Å²) >= 11 is 10.1. The Morgan fingerprint density at radius 1 is 1.52 bits per heavy atom. The molecule has 0 radical (unpaired) electrons. The van der Waals surface area contributed by atoms with Gasteiger partial charge in [-0.2, -0.15) is 5.26 Å². The SMILES string of the molecule is CCN(CC)C(=S)c1ncc([N+](=O)[O-])c(C(N)=S)c1C#N. The maximum Gasteiger partial charge on any atom is 0.299 e. The lowest BCUT2D eigenvalue weighted by molar-refractivity contribution is -0.385. The van der Waals surface area contributed by atoms with Crippen molar-refractivity contribution in [1.29, 1.82) is 5.26 Å². The van der Waals surface area contributed by atoms with Crippen molar-refractivity contribution in [2.24, 2.45) is 5.73 Å². The molecular weight excluding hydrogens is 310 g/mol. The standard InChI is InChI=1S/C12H13N5O2S2/c1-3-16(4-2)12(21)10-7(5-13)9(11(14)20)8(6-15-10)17(18)19/h6H,3-4H2,1-2H3,(H2,14,20). The average molecular weight is 323 g/mol. The zero-order valence-electron chi connectivity index (χ0n) is 11.5. The van der Waals surface area contributed by atoms with Crippen LogP contribution in [0.4, 0.5) is 5.69 Å². The first kappa shape index (κ1) is 16.9. The van der Waals surface area contributed by atoms with Gasteiger partial charge in [0.15, 0.2) is 0 Å². The van der Waals surface area contributed by atoms with Gasteiger partial charge in [-0.1, -0.05) is 24.4 Å². The number of nitriles is 1. The predicted octanol–water partition coefficient (Wildman–Crippen LogP) is 1.51. The van der Waals surface area contributed by atoms with Crippen molar-refractivity contribution in [2.45, 2.75) is 13.8 Å². The molecule has 0 aliphatic carbocycles. The number of aromatic nitrogens is 1. The van der Waals surface area contributed by atoms with Crippen molar-refractivity contribution < 1.29 is 4.92 Å². The minimum absolute atomic E-state index is 0.0615. The molecule has 0 spiro atoms. The van der Waals surface area contributed by atoms with Gasteiger partial charge in [-0.15, -0.1) is 0 Å². The monoisotopic (exact) mass is 323 g/mol. The summed E-state index contributed by atoms with van der Waals surface area (Å²) in [7, 11) is 0. The lowest BCUT2D eigenvalue weighted by Crippen LogP contribution is -2.31. The average Bonchev–Trinajstić information content (AvgIpc) is 2.46. The summed E-state index contributed by atoms with van der Waals surface area (Å²) in [6, 6.07) is 1.88. The summed E-state index contributed by atoms with van der Waals surface area (Å²) in [5, 5.41) is 20.3. The lowest BCUT2D eigenvalue weighted by atomic mass is 10.1. The fraction of sp³-hybridized carbons (Fsp3) is 0.333. The van der Waals surface area contributed by atoms with Gasteiger partial charge in [0.05, 0.1) is 10.5 Å². The van der Waals surface area contributed by atoms with Crippen LogP contribution in [0, 0.1) is 21.4 Å². The maximum atomic E-state index is 11.0. The van der Waals surface area contributed by atoms with E-state index in [-0.39, 0.29) is 21.8 Å². The fourth-order valence-electron chi connectivity index (χ4n) is 1.82. The highest BCUT2D eigenvalue weighted by Gasteiger charge is 2.26. The topological polar surface area (TPSA) is 109 Å². The molecular formula is C12H13N5O2S2. The van der Waals surface area contributed by atoms with Crippen LogP contribution >= 0.6 is 24.4 Å². The number of nitro groups is 1. The molecule has 1 aromatic rings. The van der Waals surface area contributed by atoms with Gasteiger partial charge in [-0.3, -0.25) is 10.1 Å². The molecule has 1 rings (SSSR count). The van der Waals surface area contributed by atoms with Crippen LogP contribution in [0.3, 0.4) is 0 Å². The van der Waals surface area contributed by atoms with E-state index in [1.807, 2.05) is 24.8 Å². The van der Waals surface area contributed by atoms with E-state index in [1.54, 1.807) is 0 Å². The number of thiocarbonyl (C=S) groups is 2. The highest BCUT2D eigenvalue weighted by molar-refractivity contribution is 7.81. The number of nitrogens with two attached hydrogens (primary N) is 1. The zero-order chi connectivity index (χ0) is 16.2. The first-order valence-electron chi connectivity index (χ1n) is 6.05. The van der Waals surface area contributed by atoms with Crippen LogP contribution < -0.4 is 5.73 Å². The summed E-state index contributed by atoms with van der Waals surface area (Å²) in [5.74, 6) is 0. The second-order valence-corrected chi connectivity index (χ2v) is 4.78. The second-order valence-electron chi connectivity index (χ2n) is 3.95. The van der Waals surface area contributed by atoms with Gasteiger partial charge in [0.25, 0.3) is 5.69 Å². The van der Waals surface area contributed by atoms with E-state index >= 15 is 0 Å². The number of hydrogen-bond donors (Lipinski definition) is 1. The summed E-state index contributed by atoms with van der Waals surface area (Å²) in [6.07, 6.45) is 1.03. The van der Waals surface area contributed by atoms with Crippen LogP contribution in [0.15, 0.2) is 6.20 Å². The predicted molar refractivity (Wildman–Crippen MR) is 86.1 cm³/mol. The van der Waals surface area contributed by atoms with Crippen LogP contribution in [0.1, 0.15) is 30.7 Å². The quantitative estimate of drug-likeness (QED) is 0.493. The molecule has 0 aliphatic heterocycles. The van der Waals surface area contributed by atoms with Crippen LogP contribution in [-0.4, -0.2) is 37.9 Å². The lowest BCUT2D eigenvalue weighted by Gasteiger charge is -2.22. The summed E-state index contributed by atoms with van der Waals surface area (Å²) in [6.45, 7) is 5.06. The molecule has 0 fully saturated rings. The molecule has 1 heterocycles. The van der Waals surface area contributed by atoms with Gasteiger partial charge in [0, 0.05) is 13.1 Å². The molecule has 2 N–H and O–H groups in total. The van der Waals surface area contributed by atoms with Crippen molar-refractivity contribution >= 4 is 40.1 Å². The molecule has 21 heavy (non-hydrogen) atoms. The Kier molecular flexibility index (Phi) is 5.63. The molecule has 0 unspecified atom stereocenters. The second kappa shape index (κ2) is 7.01. The first-order valence-corrected chi connectivity index (χ1v) is 6.87. The van der Waals surface area contributed by atoms with Crippen LogP contribution in [0.5, 0.6) is 0 Å². The molecule has 0 aliphatic rings. The van der Waals surface area contributed by atoms with E-state index in [0.29, 0.717) is 18.1 Å². The third kappa shape index (κ3) is 3.29. The first-order chi connectivity index (χ1) is 9.88. The third-order valence-corrected chi connectivity index (χ3v) is 3.52. The number of pyridine rings is 1. The van der Waals surface area contributed by atoms with Gasteiger partial charge in [-0.25, -0.2) is 4.98 Å². The van der Waals surface area contributed by atoms with Gasteiger partial charge in [0.1, 0.15) is 33.5 Å². The van der Waals surface area contributed by atoms with E-state index in [9.17, 15) is 15.4 Å². The summed E-state index contributed by atoms with van der Waals surface area (Å²) in [4.78, 5) is 16.2. The van der Waals surface area contributed by atoms with Gasteiger partial charge in [-0.05, 0) is 13.8 Å². The molecule has 0 amide bonds. The molecule has 1 aromatic heterocycles. The van der Waals surface area contributed by atoms with E-state index < -0.39 is 10.6 Å². The largest absolute Gasteiger partial charge is 0.389 e. The van der Waals surface area contributed by atoms with Crippen molar-refractivity contribution in [1.82, 2.24) is 9.88 Å². The van der Waals surface area contributed by atoms with Crippen molar-refractivity contribution in [3.8, 4) is 6.07 Å². The van der Waals surface area contributed by atoms with Gasteiger partial charge >= 0.3 is 0 Å². The Morgan fingerprint density at radius 3 is 2.48 bits per heavy atom. The number of hydrogen-bond acceptors (Lipinski definition) is 6. The Bertz CT molecular complexity index is 650. The van der Waals surface area contributed by atoms with Crippen molar-refractivity contribution in [3.05, 3.63) is 33.1 Å².